The molecule has 0 saturated heterocycles. The van der Waals surface area contributed by atoms with Crippen molar-refractivity contribution in [1.82, 2.24) is 10.3 Å². The lowest BCUT2D eigenvalue weighted by molar-refractivity contribution is 0.0910. The Balaban J connectivity index is 2.23. The minimum Gasteiger partial charge on any atom is -0.497 e. The number of nitrogens with one attached hydrogen (secondary N) is 2. The smallest absolute Gasteiger partial charge is 0.268 e. The second-order valence-electron chi connectivity index (χ2n) is 4.40. The molecule has 0 radical (unpaired) electrons. The Morgan fingerprint density at radius 3 is 2.89 bits per heavy atom. The van der Waals surface area contributed by atoms with Gasteiger partial charge in [-0.25, -0.2) is 0 Å². The minimum absolute atomic E-state index is 0.0592. The molecule has 102 valence electrons. The van der Waals surface area contributed by atoms with Crippen LogP contribution in [0.15, 0.2) is 24.3 Å². The highest BCUT2D eigenvalue weighted by atomic mass is 16.5. The first kappa shape index (κ1) is 13.4. The van der Waals surface area contributed by atoms with Gasteiger partial charge in [0.1, 0.15) is 11.4 Å². The van der Waals surface area contributed by atoms with Crippen LogP contribution in [0.5, 0.6) is 5.75 Å². The summed E-state index contributed by atoms with van der Waals surface area (Å²) in [6.45, 7) is 1.85. The molecule has 19 heavy (non-hydrogen) atoms. The fourth-order valence-corrected chi connectivity index (χ4v) is 1.90. The Labute approximate surface area is 111 Å². The van der Waals surface area contributed by atoms with Crippen molar-refractivity contribution in [2.24, 2.45) is 0 Å². The number of benzene rings is 1. The van der Waals surface area contributed by atoms with Gasteiger partial charge in [0.05, 0.1) is 19.8 Å². The number of rotatable bonds is 5. The van der Waals surface area contributed by atoms with Crippen LogP contribution in [0.3, 0.4) is 0 Å². The normalized spacial score (nSPS) is 12.4. The number of aliphatic hydroxyl groups is 1. The third kappa shape index (κ3) is 2.88. The zero-order chi connectivity index (χ0) is 13.8. The number of aromatic amines is 1. The van der Waals surface area contributed by atoms with Gasteiger partial charge < -0.3 is 20.1 Å². The number of amides is 1. The number of carbonyl (C=O) groups excluding carboxylic acids is 1. The molecule has 0 aliphatic heterocycles. The second kappa shape index (κ2) is 5.75. The number of aromatic nitrogens is 1. The van der Waals surface area contributed by atoms with E-state index >= 15 is 0 Å². The molecule has 1 heterocycles. The van der Waals surface area contributed by atoms with Crippen LogP contribution in [0.4, 0.5) is 0 Å². The molecule has 1 aromatic carbocycles. The highest BCUT2D eigenvalue weighted by Crippen LogP contribution is 2.21. The number of fused-ring (bicyclic) bond motifs is 1. The van der Waals surface area contributed by atoms with E-state index in [4.69, 9.17) is 9.84 Å². The van der Waals surface area contributed by atoms with E-state index in [1.165, 1.54) is 0 Å². The summed E-state index contributed by atoms with van der Waals surface area (Å²) in [5.41, 5.74) is 1.36. The molecule has 0 fully saturated rings. The Bertz CT molecular complexity index is 573. The van der Waals surface area contributed by atoms with Gasteiger partial charge in [0.2, 0.25) is 0 Å². The highest BCUT2D eigenvalue weighted by molar-refractivity contribution is 5.98. The molecule has 5 nitrogen and oxygen atoms in total. The van der Waals surface area contributed by atoms with Crippen molar-refractivity contribution in [3.05, 3.63) is 30.0 Å². The maximum atomic E-state index is 12.0. The summed E-state index contributed by atoms with van der Waals surface area (Å²) in [7, 11) is 1.61. The molecule has 3 N–H and O–H groups in total. The van der Waals surface area contributed by atoms with Crippen molar-refractivity contribution < 1.29 is 14.6 Å². The predicted molar refractivity (Wildman–Crippen MR) is 73.5 cm³/mol. The number of hydrogen-bond donors (Lipinski definition) is 3. The van der Waals surface area contributed by atoms with Gasteiger partial charge in [0.15, 0.2) is 0 Å². The number of hydrogen-bond acceptors (Lipinski definition) is 3. The number of ether oxygens (including phenoxy) is 1. The Morgan fingerprint density at radius 2 is 2.26 bits per heavy atom. The summed E-state index contributed by atoms with van der Waals surface area (Å²) in [5, 5.41) is 12.8. The maximum Gasteiger partial charge on any atom is 0.268 e. The molecular weight excluding hydrogens is 244 g/mol. The third-order valence-corrected chi connectivity index (χ3v) is 3.12. The zero-order valence-corrected chi connectivity index (χ0v) is 11.1. The molecule has 0 bridgehead atoms. The molecule has 1 unspecified atom stereocenters. The summed E-state index contributed by atoms with van der Waals surface area (Å²) in [6, 6.07) is 7.13. The van der Waals surface area contributed by atoms with Crippen molar-refractivity contribution in [3.63, 3.8) is 0 Å². The van der Waals surface area contributed by atoms with Crippen molar-refractivity contribution in [3.8, 4) is 5.75 Å². The van der Waals surface area contributed by atoms with Gasteiger partial charge in [-0.2, -0.15) is 0 Å². The largest absolute Gasteiger partial charge is 0.497 e. The van der Waals surface area contributed by atoms with Gasteiger partial charge in [-0.3, -0.25) is 4.79 Å². The number of H-pyrrole nitrogens is 1. The molecule has 1 amide bonds. The van der Waals surface area contributed by atoms with Gasteiger partial charge in [0.25, 0.3) is 5.91 Å². The van der Waals surface area contributed by atoms with Crippen molar-refractivity contribution in [1.29, 1.82) is 0 Å². The molecule has 2 rings (SSSR count). The number of carbonyl (C=O) groups is 1. The van der Waals surface area contributed by atoms with Crippen LogP contribution in [0.2, 0.25) is 0 Å². The zero-order valence-electron chi connectivity index (χ0n) is 11.1. The monoisotopic (exact) mass is 262 g/mol. The van der Waals surface area contributed by atoms with E-state index < -0.39 is 0 Å². The van der Waals surface area contributed by atoms with Crippen molar-refractivity contribution >= 4 is 16.8 Å². The molecule has 0 aliphatic carbocycles. The number of methoxy groups -OCH3 is 1. The minimum atomic E-state index is -0.214. The van der Waals surface area contributed by atoms with Crippen LogP contribution >= 0.6 is 0 Å². The van der Waals surface area contributed by atoms with Gasteiger partial charge >= 0.3 is 0 Å². The van der Waals surface area contributed by atoms with E-state index in [9.17, 15) is 4.79 Å². The lowest BCUT2D eigenvalue weighted by atomic mass is 10.2. The standard InChI is InChI=1S/C14H18N2O3/c1-3-10(8-17)15-14(18)13-7-9-6-11(19-2)4-5-12(9)16-13/h4-7,10,16-17H,3,8H2,1-2H3,(H,15,18). The van der Waals surface area contributed by atoms with E-state index in [1.807, 2.05) is 25.1 Å². The van der Waals surface area contributed by atoms with E-state index in [0.717, 1.165) is 16.7 Å². The molecule has 1 aromatic heterocycles. The average Bonchev–Trinajstić information content (AvgIpc) is 2.87. The molecule has 1 atom stereocenters. The van der Waals surface area contributed by atoms with Crippen LogP contribution in [-0.4, -0.2) is 35.8 Å². The van der Waals surface area contributed by atoms with Gasteiger partial charge in [-0.05, 0) is 30.7 Å². The third-order valence-electron chi connectivity index (χ3n) is 3.12. The first-order valence-electron chi connectivity index (χ1n) is 6.26. The SMILES string of the molecule is CCC(CO)NC(=O)c1cc2cc(OC)ccc2[nH]1. The van der Waals surface area contributed by atoms with E-state index in [1.54, 1.807) is 13.2 Å². The second-order valence-corrected chi connectivity index (χ2v) is 4.40. The summed E-state index contributed by atoms with van der Waals surface area (Å²) in [6.07, 6.45) is 0.691. The molecular formula is C14H18N2O3. The lowest BCUT2D eigenvalue weighted by Gasteiger charge is -2.12. The molecule has 5 heteroatoms. The van der Waals surface area contributed by atoms with Crippen LogP contribution in [0, 0.1) is 0 Å². The lowest BCUT2D eigenvalue weighted by Crippen LogP contribution is -2.37. The summed E-state index contributed by atoms with van der Waals surface area (Å²) >= 11 is 0. The van der Waals surface area contributed by atoms with E-state index in [-0.39, 0.29) is 18.6 Å². The highest BCUT2D eigenvalue weighted by Gasteiger charge is 2.13. The predicted octanol–water partition coefficient (Wildman–Crippen LogP) is 1.68. The summed E-state index contributed by atoms with van der Waals surface area (Å²) < 4.78 is 5.14. The van der Waals surface area contributed by atoms with E-state index in [2.05, 4.69) is 10.3 Å². The van der Waals surface area contributed by atoms with E-state index in [0.29, 0.717) is 12.1 Å². The molecule has 2 aromatic rings. The van der Waals surface area contributed by atoms with Gasteiger partial charge in [0, 0.05) is 10.9 Å². The van der Waals surface area contributed by atoms with Crippen LogP contribution in [-0.2, 0) is 0 Å². The Morgan fingerprint density at radius 1 is 1.47 bits per heavy atom. The topological polar surface area (TPSA) is 74.3 Å². The van der Waals surface area contributed by atoms with Crippen LogP contribution < -0.4 is 10.1 Å². The van der Waals surface area contributed by atoms with Gasteiger partial charge in [-0.15, -0.1) is 0 Å². The molecule has 0 spiro atoms. The fraction of sp³-hybridized carbons (Fsp3) is 0.357. The quantitative estimate of drug-likeness (QED) is 0.767. The molecule has 0 aliphatic rings. The van der Waals surface area contributed by atoms with Gasteiger partial charge in [-0.1, -0.05) is 6.92 Å². The molecule has 0 saturated carbocycles. The summed E-state index contributed by atoms with van der Waals surface area (Å²) in [4.78, 5) is 15.1. The fourth-order valence-electron chi connectivity index (χ4n) is 1.90. The van der Waals surface area contributed by atoms with Crippen molar-refractivity contribution in [2.75, 3.05) is 13.7 Å². The first-order valence-corrected chi connectivity index (χ1v) is 6.26. The van der Waals surface area contributed by atoms with Crippen LogP contribution in [0.1, 0.15) is 23.8 Å². The Hall–Kier alpha value is -2.01. The first-order chi connectivity index (χ1) is 9.17. The maximum absolute atomic E-state index is 12.0. The van der Waals surface area contributed by atoms with Crippen LogP contribution in [0.25, 0.3) is 10.9 Å². The summed E-state index contributed by atoms with van der Waals surface area (Å²) in [5.74, 6) is 0.538. The Kier molecular flexibility index (Phi) is 4.06. The van der Waals surface area contributed by atoms with Crippen molar-refractivity contribution in [2.45, 2.75) is 19.4 Å². The average molecular weight is 262 g/mol. The number of aliphatic hydroxyl groups excluding tert-OH is 1.